The van der Waals surface area contributed by atoms with E-state index in [4.69, 9.17) is 5.73 Å². The minimum Gasteiger partial charge on any atom is -0.330 e. The third-order valence-electron chi connectivity index (χ3n) is 2.05. The third-order valence-corrected chi connectivity index (χ3v) is 2.54. The van der Waals surface area contributed by atoms with Gasteiger partial charge in [0.15, 0.2) is 5.65 Å². The number of nitrogens with zero attached hydrogens (tertiary/aromatic N) is 3. The molecule has 2 aromatic heterocycles. The first-order valence-electron chi connectivity index (χ1n) is 4.50. The van der Waals surface area contributed by atoms with Crippen molar-refractivity contribution in [1.29, 1.82) is 0 Å². The van der Waals surface area contributed by atoms with Crippen molar-refractivity contribution in [3.05, 3.63) is 28.6 Å². The Morgan fingerprint density at radius 1 is 1.43 bits per heavy atom. The summed E-state index contributed by atoms with van der Waals surface area (Å²) in [5.74, 6) is 0.970. The van der Waals surface area contributed by atoms with Gasteiger partial charge in [0.05, 0.1) is 0 Å². The van der Waals surface area contributed by atoms with Crippen LogP contribution in [0.4, 0.5) is 0 Å². The van der Waals surface area contributed by atoms with Gasteiger partial charge in [0.2, 0.25) is 0 Å². The molecule has 0 radical (unpaired) electrons. The molecule has 0 aliphatic carbocycles. The van der Waals surface area contributed by atoms with Crippen LogP contribution in [0.1, 0.15) is 12.2 Å². The van der Waals surface area contributed by atoms with Crippen molar-refractivity contribution in [2.75, 3.05) is 6.54 Å². The molecule has 2 N–H and O–H groups in total. The van der Waals surface area contributed by atoms with E-state index in [2.05, 4.69) is 26.1 Å². The number of halogens is 1. The molecule has 0 amide bonds. The summed E-state index contributed by atoms with van der Waals surface area (Å²) in [6.07, 6.45) is 3.78. The Balaban J connectivity index is 2.37. The van der Waals surface area contributed by atoms with Crippen LogP contribution in [0.2, 0.25) is 0 Å². The fourth-order valence-corrected chi connectivity index (χ4v) is 1.67. The van der Waals surface area contributed by atoms with Crippen LogP contribution in [0.15, 0.2) is 22.8 Å². The Kier molecular flexibility index (Phi) is 2.79. The molecule has 0 saturated carbocycles. The van der Waals surface area contributed by atoms with Crippen molar-refractivity contribution >= 4 is 21.6 Å². The molecule has 0 fully saturated rings. The lowest BCUT2D eigenvalue weighted by Gasteiger charge is -1.98. The second-order valence-corrected chi connectivity index (χ2v) is 4.00. The number of hydrogen-bond acceptors (Lipinski definition) is 3. The first-order chi connectivity index (χ1) is 6.81. The molecular weight excluding hydrogens is 244 g/mol. The summed E-state index contributed by atoms with van der Waals surface area (Å²) in [6.45, 7) is 0.686. The number of aryl methyl sites for hydroxylation is 1. The number of fused-ring (bicyclic) bond motifs is 1. The largest absolute Gasteiger partial charge is 0.330 e. The predicted molar refractivity (Wildman–Crippen MR) is 58.1 cm³/mol. The average Bonchev–Trinajstić information content (AvgIpc) is 2.57. The Morgan fingerprint density at radius 3 is 3.07 bits per heavy atom. The Morgan fingerprint density at radius 2 is 2.29 bits per heavy atom. The van der Waals surface area contributed by atoms with E-state index in [0.29, 0.717) is 6.54 Å². The van der Waals surface area contributed by atoms with Gasteiger partial charge < -0.3 is 5.73 Å². The topological polar surface area (TPSA) is 56.2 Å². The zero-order valence-electron chi connectivity index (χ0n) is 7.65. The molecule has 0 aromatic carbocycles. The summed E-state index contributed by atoms with van der Waals surface area (Å²) >= 11 is 3.39. The highest BCUT2D eigenvalue weighted by Crippen LogP contribution is 2.13. The molecule has 0 bridgehead atoms. The summed E-state index contributed by atoms with van der Waals surface area (Å²) in [6, 6.07) is 3.92. The van der Waals surface area contributed by atoms with Crippen LogP contribution < -0.4 is 5.73 Å². The van der Waals surface area contributed by atoms with E-state index >= 15 is 0 Å². The van der Waals surface area contributed by atoms with E-state index < -0.39 is 0 Å². The van der Waals surface area contributed by atoms with E-state index in [0.717, 1.165) is 28.8 Å². The molecule has 2 rings (SSSR count). The summed E-state index contributed by atoms with van der Waals surface area (Å²) in [7, 11) is 0. The molecule has 14 heavy (non-hydrogen) atoms. The summed E-state index contributed by atoms with van der Waals surface area (Å²) in [5.41, 5.74) is 6.32. The first kappa shape index (κ1) is 9.61. The van der Waals surface area contributed by atoms with Crippen molar-refractivity contribution in [3.63, 3.8) is 0 Å². The van der Waals surface area contributed by atoms with Crippen LogP contribution >= 0.6 is 15.9 Å². The van der Waals surface area contributed by atoms with Gasteiger partial charge in [0, 0.05) is 17.1 Å². The molecule has 4 nitrogen and oxygen atoms in total. The maximum Gasteiger partial charge on any atom is 0.161 e. The van der Waals surface area contributed by atoms with Crippen molar-refractivity contribution in [1.82, 2.24) is 14.6 Å². The summed E-state index contributed by atoms with van der Waals surface area (Å²) in [4.78, 5) is 0. The van der Waals surface area contributed by atoms with E-state index in [1.807, 2.05) is 22.7 Å². The Labute approximate surface area is 90.3 Å². The smallest absolute Gasteiger partial charge is 0.161 e. The predicted octanol–water partition coefficient (Wildman–Crippen LogP) is 1.38. The Hall–Kier alpha value is -0.940. The minimum absolute atomic E-state index is 0.686. The van der Waals surface area contributed by atoms with Crippen LogP contribution in [0.25, 0.3) is 5.65 Å². The Bertz CT molecular complexity index is 437. The fraction of sp³-hybridized carbons (Fsp3) is 0.333. The first-order valence-corrected chi connectivity index (χ1v) is 5.30. The number of hydrogen-bond donors (Lipinski definition) is 1. The van der Waals surface area contributed by atoms with Gasteiger partial charge in [-0.2, -0.15) is 0 Å². The van der Waals surface area contributed by atoms with Crippen molar-refractivity contribution in [2.24, 2.45) is 5.73 Å². The lowest BCUT2D eigenvalue weighted by molar-refractivity contribution is 0.770. The van der Waals surface area contributed by atoms with Crippen molar-refractivity contribution < 1.29 is 0 Å². The van der Waals surface area contributed by atoms with E-state index in [-0.39, 0.29) is 0 Å². The summed E-state index contributed by atoms with van der Waals surface area (Å²) < 4.78 is 3.00. The maximum atomic E-state index is 5.45. The lowest BCUT2D eigenvalue weighted by atomic mass is 10.3. The van der Waals surface area contributed by atoms with Crippen LogP contribution in [-0.4, -0.2) is 21.1 Å². The van der Waals surface area contributed by atoms with E-state index in [1.165, 1.54) is 0 Å². The van der Waals surface area contributed by atoms with E-state index in [9.17, 15) is 0 Å². The van der Waals surface area contributed by atoms with Gasteiger partial charge in [-0.3, -0.25) is 4.40 Å². The fourth-order valence-electron chi connectivity index (χ4n) is 1.35. The number of rotatable bonds is 3. The number of aromatic nitrogens is 3. The van der Waals surface area contributed by atoms with Crippen LogP contribution in [0.5, 0.6) is 0 Å². The highest BCUT2D eigenvalue weighted by Gasteiger charge is 2.04. The molecule has 0 unspecified atom stereocenters. The standard InChI is InChI=1S/C9H11BrN4/c10-7-3-5-14-8(2-1-4-11)12-13-9(14)6-7/h3,5-6H,1-2,4,11H2. The third kappa shape index (κ3) is 1.78. The monoisotopic (exact) mass is 254 g/mol. The van der Waals surface area contributed by atoms with Crippen LogP contribution in [0.3, 0.4) is 0 Å². The van der Waals surface area contributed by atoms with Gasteiger partial charge in [-0.05, 0) is 25.1 Å². The normalized spacial score (nSPS) is 11.0. The van der Waals surface area contributed by atoms with E-state index in [1.54, 1.807) is 0 Å². The second kappa shape index (κ2) is 4.06. The molecule has 5 heteroatoms. The van der Waals surface area contributed by atoms with Crippen LogP contribution in [0, 0.1) is 0 Å². The molecule has 0 atom stereocenters. The van der Waals surface area contributed by atoms with Gasteiger partial charge in [-0.25, -0.2) is 0 Å². The number of nitrogens with two attached hydrogens (primary N) is 1. The van der Waals surface area contributed by atoms with Crippen molar-refractivity contribution in [2.45, 2.75) is 12.8 Å². The van der Waals surface area contributed by atoms with Gasteiger partial charge >= 0.3 is 0 Å². The van der Waals surface area contributed by atoms with Gasteiger partial charge in [0.1, 0.15) is 5.82 Å². The molecule has 74 valence electrons. The molecule has 0 aliphatic rings. The molecule has 0 saturated heterocycles. The quantitative estimate of drug-likeness (QED) is 0.901. The van der Waals surface area contributed by atoms with Crippen molar-refractivity contribution in [3.8, 4) is 0 Å². The lowest BCUT2D eigenvalue weighted by Crippen LogP contribution is -2.03. The second-order valence-electron chi connectivity index (χ2n) is 3.08. The van der Waals surface area contributed by atoms with Gasteiger partial charge in [-0.1, -0.05) is 15.9 Å². The molecular formula is C9H11BrN4. The molecule has 2 heterocycles. The summed E-state index contributed by atoms with van der Waals surface area (Å²) in [5, 5.41) is 8.19. The zero-order chi connectivity index (χ0) is 9.97. The minimum atomic E-state index is 0.686. The average molecular weight is 255 g/mol. The molecule has 2 aromatic rings. The van der Waals surface area contributed by atoms with Gasteiger partial charge in [-0.15, -0.1) is 10.2 Å². The SMILES string of the molecule is NCCCc1nnc2cc(Br)ccn12. The molecule has 0 spiro atoms. The highest BCUT2D eigenvalue weighted by molar-refractivity contribution is 9.10. The number of pyridine rings is 1. The van der Waals surface area contributed by atoms with Gasteiger partial charge in [0.25, 0.3) is 0 Å². The maximum absolute atomic E-state index is 5.45. The molecule has 0 aliphatic heterocycles. The highest BCUT2D eigenvalue weighted by atomic mass is 79.9. The van der Waals surface area contributed by atoms with Crippen LogP contribution in [-0.2, 0) is 6.42 Å². The zero-order valence-corrected chi connectivity index (χ0v) is 9.24.